The lowest BCUT2D eigenvalue weighted by molar-refractivity contribution is 0.101. The number of anilines is 1. The van der Waals surface area contributed by atoms with Crippen molar-refractivity contribution in [1.29, 1.82) is 5.41 Å². The van der Waals surface area contributed by atoms with E-state index < -0.39 is 5.91 Å². The van der Waals surface area contributed by atoms with Gasteiger partial charge in [-0.3, -0.25) is 10.2 Å². The van der Waals surface area contributed by atoms with Crippen LogP contribution in [0.1, 0.15) is 29.0 Å². The Bertz CT molecular complexity index is 1310. The number of amides is 1. The third-order valence-electron chi connectivity index (χ3n) is 5.54. The summed E-state index contributed by atoms with van der Waals surface area (Å²) < 4.78 is 14.8. The van der Waals surface area contributed by atoms with Crippen LogP contribution in [0.15, 0.2) is 60.7 Å². The van der Waals surface area contributed by atoms with E-state index in [4.69, 9.17) is 5.41 Å². The van der Waals surface area contributed by atoms with Crippen LogP contribution in [0.5, 0.6) is 0 Å². The van der Waals surface area contributed by atoms with Gasteiger partial charge in [0.15, 0.2) is 0 Å². The molecule has 0 bridgehead atoms. The van der Waals surface area contributed by atoms with E-state index in [9.17, 15) is 9.18 Å². The second kappa shape index (κ2) is 8.18. The smallest absolute Gasteiger partial charge is 0.295 e. The molecule has 2 heterocycles. The van der Waals surface area contributed by atoms with Crippen LogP contribution in [-0.2, 0) is 0 Å². The standard InChI is InChI=1S/C23H20FN7O/c24-18-7-3-17-14-20(10-6-16(17)13-18)31-22(27-28-29-31)23(32)26-19-8-4-15(5-9-19)21(25)30-11-1-2-12-30/h3-10,13-14,25H,1-2,11-12H2,(H,26,32). The SMILES string of the molecule is N=C(c1ccc(NC(=O)c2nnnn2-c2ccc3cc(F)ccc3c2)cc1)N1CCCC1. The van der Waals surface area contributed by atoms with E-state index in [1.165, 1.54) is 16.8 Å². The number of carbonyl (C=O) groups is 1. The number of nitrogens with zero attached hydrogens (tertiary/aromatic N) is 5. The molecule has 3 aromatic carbocycles. The normalized spacial score (nSPS) is 13.5. The van der Waals surface area contributed by atoms with Crippen molar-refractivity contribution < 1.29 is 9.18 Å². The molecule has 0 spiro atoms. The summed E-state index contributed by atoms with van der Waals surface area (Å²) in [6, 6.07) is 16.9. The van der Waals surface area contributed by atoms with Gasteiger partial charge >= 0.3 is 0 Å². The van der Waals surface area contributed by atoms with Crippen LogP contribution in [-0.4, -0.2) is 49.9 Å². The van der Waals surface area contributed by atoms with E-state index in [-0.39, 0.29) is 11.6 Å². The van der Waals surface area contributed by atoms with Gasteiger partial charge in [-0.15, -0.1) is 5.10 Å². The first-order valence-electron chi connectivity index (χ1n) is 10.3. The predicted octanol–water partition coefficient (Wildman–Crippen LogP) is 3.63. The van der Waals surface area contributed by atoms with E-state index >= 15 is 0 Å². The molecule has 9 heteroatoms. The predicted molar refractivity (Wildman–Crippen MR) is 119 cm³/mol. The fraction of sp³-hybridized carbons (Fsp3) is 0.174. The lowest BCUT2D eigenvalue weighted by atomic mass is 10.1. The molecular formula is C23H20FN7O. The zero-order chi connectivity index (χ0) is 22.1. The lowest BCUT2D eigenvalue weighted by Crippen LogP contribution is -2.27. The Labute approximate surface area is 183 Å². The molecule has 1 amide bonds. The minimum absolute atomic E-state index is 0.0281. The molecule has 0 unspecified atom stereocenters. The molecule has 1 saturated heterocycles. The van der Waals surface area contributed by atoms with E-state index in [1.807, 2.05) is 12.1 Å². The van der Waals surface area contributed by atoms with Gasteiger partial charge in [-0.2, -0.15) is 4.68 Å². The Morgan fingerprint density at radius 3 is 2.47 bits per heavy atom. The number of halogens is 1. The fourth-order valence-electron chi connectivity index (χ4n) is 3.86. The van der Waals surface area contributed by atoms with Gasteiger partial charge in [0.25, 0.3) is 5.91 Å². The van der Waals surface area contributed by atoms with Crippen molar-refractivity contribution in [2.75, 3.05) is 18.4 Å². The molecule has 0 atom stereocenters. The molecular weight excluding hydrogens is 409 g/mol. The molecule has 0 saturated carbocycles. The molecule has 4 aromatic rings. The maximum absolute atomic E-state index is 13.4. The quantitative estimate of drug-likeness (QED) is 0.381. The summed E-state index contributed by atoms with van der Waals surface area (Å²) in [6.45, 7) is 1.81. The van der Waals surface area contributed by atoms with Crippen LogP contribution in [0.25, 0.3) is 16.5 Å². The summed E-state index contributed by atoms with van der Waals surface area (Å²) in [5, 5.41) is 24.1. The first-order chi connectivity index (χ1) is 15.6. The van der Waals surface area contributed by atoms with Crippen LogP contribution in [0.2, 0.25) is 0 Å². The number of hydrogen-bond donors (Lipinski definition) is 2. The van der Waals surface area contributed by atoms with Crippen molar-refractivity contribution in [3.8, 4) is 5.69 Å². The number of likely N-dealkylation sites (tertiary alicyclic amines) is 1. The van der Waals surface area contributed by atoms with Crippen molar-refractivity contribution in [3.05, 3.63) is 77.9 Å². The first-order valence-corrected chi connectivity index (χ1v) is 10.3. The number of fused-ring (bicyclic) bond motifs is 1. The second-order valence-corrected chi connectivity index (χ2v) is 7.66. The Balaban J connectivity index is 1.34. The number of rotatable bonds is 4. The molecule has 1 aromatic heterocycles. The molecule has 8 nitrogen and oxygen atoms in total. The number of aromatic nitrogens is 4. The largest absolute Gasteiger partial charge is 0.357 e. The fourth-order valence-corrected chi connectivity index (χ4v) is 3.86. The van der Waals surface area contributed by atoms with Gasteiger partial charge in [0.2, 0.25) is 5.82 Å². The Morgan fingerprint density at radius 1 is 0.969 bits per heavy atom. The molecule has 1 aliphatic rings. The minimum atomic E-state index is -0.462. The van der Waals surface area contributed by atoms with E-state index in [0.717, 1.165) is 42.3 Å². The highest BCUT2D eigenvalue weighted by atomic mass is 19.1. The minimum Gasteiger partial charge on any atom is -0.357 e. The summed E-state index contributed by atoms with van der Waals surface area (Å²) in [5.41, 5.74) is 1.98. The Hall–Kier alpha value is -4.14. The van der Waals surface area contributed by atoms with Gasteiger partial charge in [-0.1, -0.05) is 12.1 Å². The zero-order valence-electron chi connectivity index (χ0n) is 17.1. The Morgan fingerprint density at radius 2 is 1.69 bits per heavy atom. The summed E-state index contributed by atoms with van der Waals surface area (Å²) in [7, 11) is 0. The van der Waals surface area contributed by atoms with Crippen molar-refractivity contribution >= 4 is 28.2 Å². The number of benzene rings is 3. The van der Waals surface area contributed by atoms with Gasteiger partial charge in [0, 0.05) is 24.3 Å². The van der Waals surface area contributed by atoms with Gasteiger partial charge in [-0.05, 0) is 82.6 Å². The molecule has 0 aliphatic carbocycles. The molecule has 2 N–H and O–H groups in total. The highest BCUT2D eigenvalue weighted by Gasteiger charge is 2.19. The summed E-state index contributed by atoms with van der Waals surface area (Å²) in [5.74, 6) is -0.244. The van der Waals surface area contributed by atoms with Crippen molar-refractivity contribution in [1.82, 2.24) is 25.1 Å². The van der Waals surface area contributed by atoms with Crippen LogP contribution in [0.3, 0.4) is 0 Å². The van der Waals surface area contributed by atoms with E-state index in [1.54, 1.807) is 36.4 Å². The summed E-state index contributed by atoms with van der Waals surface area (Å²) in [6.07, 6.45) is 2.22. The molecule has 0 radical (unpaired) electrons. The van der Waals surface area contributed by atoms with Gasteiger partial charge in [-0.25, -0.2) is 4.39 Å². The van der Waals surface area contributed by atoms with Crippen LogP contribution >= 0.6 is 0 Å². The highest BCUT2D eigenvalue weighted by molar-refractivity contribution is 6.02. The highest BCUT2D eigenvalue weighted by Crippen LogP contribution is 2.20. The average molecular weight is 429 g/mol. The molecule has 1 aliphatic heterocycles. The monoisotopic (exact) mass is 429 g/mol. The topological polar surface area (TPSA) is 99.8 Å². The third-order valence-corrected chi connectivity index (χ3v) is 5.54. The van der Waals surface area contributed by atoms with E-state index in [2.05, 4.69) is 25.7 Å². The van der Waals surface area contributed by atoms with Crippen LogP contribution in [0.4, 0.5) is 10.1 Å². The van der Waals surface area contributed by atoms with E-state index in [0.29, 0.717) is 17.2 Å². The maximum atomic E-state index is 13.4. The first kappa shape index (κ1) is 19.8. The third kappa shape index (κ3) is 3.80. The number of amidine groups is 1. The number of tetrazole rings is 1. The van der Waals surface area contributed by atoms with Gasteiger partial charge in [0.05, 0.1) is 5.69 Å². The molecule has 160 valence electrons. The molecule has 32 heavy (non-hydrogen) atoms. The second-order valence-electron chi connectivity index (χ2n) is 7.66. The average Bonchev–Trinajstić information content (AvgIpc) is 3.51. The maximum Gasteiger partial charge on any atom is 0.295 e. The van der Waals surface area contributed by atoms with Crippen molar-refractivity contribution in [2.24, 2.45) is 0 Å². The summed E-state index contributed by atoms with van der Waals surface area (Å²) >= 11 is 0. The van der Waals surface area contributed by atoms with Crippen LogP contribution < -0.4 is 5.32 Å². The number of carbonyl (C=O) groups excluding carboxylic acids is 1. The molecule has 5 rings (SSSR count). The van der Waals surface area contributed by atoms with Crippen molar-refractivity contribution in [3.63, 3.8) is 0 Å². The lowest BCUT2D eigenvalue weighted by Gasteiger charge is -2.18. The zero-order valence-corrected chi connectivity index (χ0v) is 17.1. The van der Waals surface area contributed by atoms with Gasteiger partial charge < -0.3 is 10.2 Å². The summed E-state index contributed by atoms with van der Waals surface area (Å²) in [4.78, 5) is 14.9. The Kier molecular flexibility index (Phi) is 5.06. The van der Waals surface area contributed by atoms with Gasteiger partial charge in [0.1, 0.15) is 11.7 Å². The van der Waals surface area contributed by atoms with Crippen molar-refractivity contribution in [2.45, 2.75) is 12.8 Å². The number of nitrogens with one attached hydrogen (secondary N) is 2. The van der Waals surface area contributed by atoms with Crippen LogP contribution in [0, 0.1) is 11.2 Å². The number of hydrogen-bond acceptors (Lipinski definition) is 5. The molecule has 1 fully saturated rings.